The van der Waals surface area contributed by atoms with Crippen molar-refractivity contribution in [2.45, 2.75) is 12.3 Å². The Labute approximate surface area is 141 Å². The van der Waals surface area contributed by atoms with Gasteiger partial charge in [0.25, 0.3) is 5.69 Å². The zero-order chi connectivity index (χ0) is 18.1. The van der Waals surface area contributed by atoms with Crippen molar-refractivity contribution in [3.63, 3.8) is 0 Å². The summed E-state index contributed by atoms with van der Waals surface area (Å²) in [5, 5.41) is 20.4. The molecule has 2 aromatic rings. The van der Waals surface area contributed by atoms with Crippen molar-refractivity contribution >= 4 is 17.3 Å². The van der Waals surface area contributed by atoms with Crippen molar-refractivity contribution in [3.8, 4) is 0 Å². The Morgan fingerprint density at radius 3 is 2.68 bits per heavy atom. The van der Waals surface area contributed by atoms with Gasteiger partial charge in [0, 0.05) is 36.7 Å². The molecule has 0 saturated carbocycles. The van der Waals surface area contributed by atoms with Gasteiger partial charge in [-0.25, -0.2) is 13.6 Å². The molecule has 2 aromatic carbocycles. The zero-order valence-corrected chi connectivity index (χ0v) is 13.0. The number of carbonyl (C=O) groups is 1. The van der Waals surface area contributed by atoms with E-state index in [2.05, 4.69) is 0 Å². The minimum Gasteiger partial charge on any atom is -0.478 e. The van der Waals surface area contributed by atoms with E-state index in [1.165, 1.54) is 18.2 Å². The van der Waals surface area contributed by atoms with E-state index in [4.69, 9.17) is 5.11 Å². The van der Waals surface area contributed by atoms with Gasteiger partial charge in [0.2, 0.25) is 0 Å². The van der Waals surface area contributed by atoms with E-state index in [9.17, 15) is 23.7 Å². The molecule has 3 rings (SSSR count). The highest BCUT2D eigenvalue weighted by molar-refractivity contribution is 5.88. The highest BCUT2D eigenvalue weighted by Crippen LogP contribution is 2.36. The standard InChI is InChI=1S/C17H14F2N2O4/c18-12-2-3-14(19)16(8-12)20-6-5-11(9-20)13-7-10(17(22)23)1-4-15(13)21(24)25/h1-4,7-8,11H,5-6,9H2,(H,22,23). The Morgan fingerprint density at radius 1 is 1.24 bits per heavy atom. The van der Waals surface area contributed by atoms with Crippen molar-refractivity contribution < 1.29 is 23.6 Å². The Hall–Kier alpha value is -3.03. The number of benzene rings is 2. The predicted molar refractivity (Wildman–Crippen MR) is 86.0 cm³/mol. The molecule has 1 unspecified atom stereocenters. The lowest BCUT2D eigenvalue weighted by molar-refractivity contribution is -0.385. The summed E-state index contributed by atoms with van der Waals surface area (Å²) in [5.74, 6) is -2.67. The van der Waals surface area contributed by atoms with Crippen molar-refractivity contribution in [2.24, 2.45) is 0 Å². The van der Waals surface area contributed by atoms with Crippen molar-refractivity contribution in [1.29, 1.82) is 0 Å². The molecule has 1 N–H and O–H groups in total. The Bertz CT molecular complexity index is 857. The van der Waals surface area contributed by atoms with Crippen molar-refractivity contribution in [3.05, 3.63) is 69.3 Å². The predicted octanol–water partition coefficient (Wildman–Crippen LogP) is 3.57. The number of halogens is 2. The second kappa shape index (κ2) is 6.46. The van der Waals surface area contributed by atoms with E-state index >= 15 is 0 Å². The highest BCUT2D eigenvalue weighted by atomic mass is 19.1. The van der Waals surface area contributed by atoms with E-state index in [-0.39, 0.29) is 29.4 Å². The van der Waals surface area contributed by atoms with Crippen LogP contribution >= 0.6 is 0 Å². The van der Waals surface area contributed by atoms with Gasteiger partial charge < -0.3 is 10.0 Å². The molecule has 1 heterocycles. The van der Waals surface area contributed by atoms with Gasteiger partial charge in [-0.3, -0.25) is 10.1 Å². The molecule has 1 aliphatic rings. The van der Waals surface area contributed by atoms with Gasteiger partial charge in [0.15, 0.2) is 0 Å². The molecule has 0 aliphatic carbocycles. The number of carboxylic acids is 1. The van der Waals surface area contributed by atoms with Crippen LogP contribution in [-0.2, 0) is 0 Å². The molecule has 25 heavy (non-hydrogen) atoms. The molecule has 130 valence electrons. The first-order valence-electron chi connectivity index (χ1n) is 7.58. The lowest BCUT2D eigenvalue weighted by Crippen LogP contribution is -2.21. The van der Waals surface area contributed by atoms with E-state index in [0.29, 0.717) is 18.5 Å². The molecular formula is C17H14F2N2O4. The van der Waals surface area contributed by atoms with Gasteiger partial charge in [-0.2, -0.15) is 0 Å². The molecule has 1 fully saturated rings. The third-order valence-electron chi connectivity index (χ3n) is 4.35. The number of nitrogens with zero attached hydrogens (tertiary/aromatic N) is 2. The Morgan fingerprint density at radius 2 is 2.00 bits per heavy atom. The quantitative estimate of drug-likeness (QED) is 0.675. The summed E-state index contributed by atoms with van der Waals surface area (Å²) < 4.78 is 27.3. The fourth-order valence-electron chi connectivity index (χ4n) is 3.14. The molecule has 8 heteroatoms. The molecule has 1 saturated heterocycles. The number of nitro benzene ring substituents is 1. The fourth-order valence-corrected chi connectivity index (χ4v) is 3.14. The monoisotopic (exact) mass is 348 g/mol. The summed E-state index contributed by atoms with van der Waals surface area (Å²) in [4.78, 5) is 23.4. The lowest BCUT2D eigenvalue weighted by atomic mass is 9.94. The van der Waals surface area contributed by atoms with E-state index in [1.807, 2.05) is 0 Å². The van der Waals surface area contributed by atoms with Gasteiger partial charge in [-0.05, 0) is 30.7 Å². The van der Waals surface area contributed by atoms with Crippen LogP contribution in [0.5, 0.6) is 0 Å². The highest BCUT2D eigenvalue weighted by Gasteiger charge is 2.31. The lowest BCUT2D eigenvalue weighted by Gasteiger charge is -2.19. The number of nitro groups is 1. The summed E-state index contributed by atoms with van der Waals surface area (Å²) in [6.45, 7) is 0.629. The molecule has 0 spiro atoms. The van der Waals surface area contributed by atoms with Gasteiger partial charge in [0.1, 0.15) is 11.6 Å². The molecule has 1 aliphatic heterocycles. The number of anilines is 1. The minimum absolute atomic E-state index is 0.0454. The molecule has 0 radical (unpaired) electrons. The van der Waals surface area contributed by atoms with Gasteiger partial charge in [0.05, 0.1) is 16.2 Å². The van der Waals surface area contributed by atoms with Crippen molar-refractivity contribution in [2.75, 3.05) is 18.0 Å². The summed E-state index contributed by atoms with van der Waals surface area (Å²) >= 11 is 0. The first kappa shape index (κ1) is 16.8. The molecule has 0 amide bonds. The third kappa shape index (κ3) is 3.28. The third-order valence-corrected chi connectivity index (χ3v) is 4.35. The number of aromatic carboxylic acids is 1. The average molecular weight is 348 g/mol. The van der Waals surface area contributed by atoms with Crippen LogP contribution in [0.25, 0.3) is 0 Å². The molecule has 0 bridgehead atoms. The number of rotatable bonds is 4. The Balaban J connectivity index is 1.93. The summed E-state index contributed by atoms with van der Waals surface area (Å²) in [7, 11) is 0. The molecule has 1 atom stereocenters. The summed E-state index contributed by atoms with van der Waals surface area (Å²) in [6.07, 6.45) is 0.472. The maximum Gasteiger partial charge on any atom is 0.335 e. The first-order valence-corrected chi connectivity index (χ1v) is 7.58. The van der Waals surface area contributed by atoms with Crippen LogP contribution in [0, 0.1) is 21.7 Å². The van der Waals surface area contributed by atoms with Crippen LogP contribution in [-0.4, -0.2) is 29.1 Å². The fraction of sp³-hybridized carbons (Fsp3) is 0.235. The molecule has 0 aromatic heterocycles. The number of carboxylic acid groups (broad SMARTS) is 1. The second-order valence-corrected chi connectivity index (χ2v) is 5.86. The molecule has 6 nitrogen and oxygen atoms in total. The van der Waals surface area contributed by atoms with Crippen LogP contribution < -0.4 is 4.90 Å². The van der Waals surface area contributed by atoms with Crippen LogP contribution in [0.3, 0.4) is 0 Å². The topological polar surface area (TPSA) is 83.7 Å². The van der Waals surface area contributed by atoms with E-state index in [1.54, 1.807) is 4.90 Å². The summed E-state index contributed by atoms with van der Waals surface area (Å²) in [6, 6.07) is 6.78. The average Bonchev–Trinajstić information content (AvgIpc) is 3.06. The maximum absolute atomic E-state index is 13.9. The smallest absolute Gasteiger partial charge is 0.335 e. The van der Waals surface area contributed by atoms with Crippen LogP contribution in [0.2, 0.25) is 0 Å². The SMILES string of the molecule is O=C(O)c1ccc([N+](=O)[O-])c(C2CCN(c3cc(F)ccc3F)C2)c1. The first-order chi connectivity index (χ1) is 11.9. The Kier molecular flexibility index (Phi) is 4.35. The number of hydrogen-bond acceptors (Lipinski definition) is 4. The van der Waals surface area contributed by atoms with Gasteiger partial charge in [-0.15, -0.1) is 0 Å². The largest absolute Gasteiger partial charge is 0.478 e. The van der Waals surface area contributed by atoms with E-state index in [0.717, 1.165) is 18.2 Å². The van der Waals surface area contributed by atoms with Crippen molar-refractivity contribution in [1.82, 2.24) is 0 Å². The van der Waals surface area contributed by atoms with Crippen LogP contribution in [0.1, 0.15) is 28.3 Å². The van der Waals surface area contributed by atoms with Gasteiger partial charge in [-0.1, -0.05) is 0 Å². The molecular weight excluding hydrogens is 334 g/mol. The second-order valence-electron chi connectivity index (χ2n) is 5.86. The van der Waals surface area contributed by atoms with E-state index < -0.39 is 22.5 Å². The number of hydrogen-bond donors (Lipinski definition) is 1. The zero-order valence-electron chi connectivity index (χ0n) is 13.0. The van der Waals surface area contributed by atoms with Crippen LogP contribution in [0.15, 0.2) is 36.4 Å². The minimum atomic E-state index is -1.18. The normalized spacial score (nSPS) is 16.9. The summed E-state index contributed by atoms with van der Waals surface area (Å²) in [5.41, 5.74) is 0.177. The maximum atomic E-state index is 13.9. The van der Waals surface area contributed by atoms with Gasteiger partial charge >= 0.3 is 5.97 Å². The van der Waals surface area contributed by atoms with Crippen LogP contribution in [0.4, 0.5) is 20.2 Å².